The minimum absolute atomic E-state index is 0.153. The van der Waals surface area contributed by atoms with Gasteiger partial charge in [-0.25, -0.2) is 0 Å². The van der Waals surface area contributed by atoms with Gasteiger partial charge in [0, 0.05) is 23.2 Å². The molecule has 0 spiro atoms. The van der Waals surface area contributed by atoms with E-state index < -0.39 is 0 Å². The predicted molar refractivity (Wildman–Crippen MR) is 59.2 cm³/mol. The zero-order valence-corrected chi connectivity index (χ0v) is 9.15. The Morgan fingerprint density at radius 3 is 3.00 bits per heavy atom. The molecule has 1 heterocycles. The van der Waals surface area contributed by atoms with E-state index in [1.807, 2.05) is 11.7 Å². The first kappa shape index (κ1) is 10.1. The summed E-state index contributed by atoms with van der Waals surface area (Å²) in [5.41, 5.74) is 8.13. The van der Waals surface area contributed by atoms with Crippen LogP contribution in [0.15, 0.2) is 11.7 Å². The predicted octanol–water partition coefficient (Wildman–Crippen LogP) is 1.50. The van der Waals surface area contributed by atoms with Crippen LogP contribution < -0.4 is 11.1 Å². The van der Waals surface area contributed by atoms with E-state index in [-0.39, 0.29) is 5.54 Å². The van der Waals surface area contributed by atoms with Gasteiger partial charge in [-0.05, 0) is 32.2 Å². The summed E-state index contributed by atoms with van der Waals surface area (Å²) in [6.07, 6.45) is 6.74. The lowest BCUT2D eigenvalue weighted by Gasteiger charge is -2.38. The molecule has 0 atom stereocenters. The summed E-state index contributed by atoms with van der Waals surface area (Å²) in [5, 5.41) is 3.40. The number of nitrogens with zero attached hydrogens (tertiary/aromatic N) is 1. The first-order valence-corrected chi connectivity index (χ1v) is 6.03. The van der Waals surface area contributed by atoms with Crippen molar-refractivity contribution in [3.8, 4) is 0 Å². The lowest BCUT2D eigenvalue weighted by Crippen LogP contribution is -2.48. The third-order valence-corrected chi connectivity index (χ3v) is 3.71. The van der Waals surface area contributed by atoms with Gasteiger partial charge in [-0.2, -0.15) is 0 Å². The normalized spacial score (nSPS) is 19.2. The number of nitrogens with two attached hydrogens (primary N) is 1. The number of hydrogen-bond donors (Lipinski definition) is 2. The van der Waals surface area contributed by atoms with Crippen molar-refractivity contribution in [3.63, 3.8) is 0 Å². The molecule has 2 rings (SSSR count). The van der Waals surface area contributed by atoms with Crippen LogP contribution in [-0.4, -0.2) is 17.1 Å². The van der Waals surface area contributed by atoms with E-state index in [0.29, 0.717) is 0 Å². The van der Waals surface area contributed by atoms with Crippen LogP contribution in [0.5, 0.6) is 0 Å². The molecule has 0 radical (unpaired) electrons. The van der Waals surface area contributed by atoms with Crippen LogP contribution in [0.25, 0.3) is 0 Å². The topological polar surface area (TPSA) is 50.9 Å². The maximum atomic E-state index is 6.11. The SMILES string of the molecule is NC1(CCNCc2cncs2)CCC1. The monoisotopic (exact) mass is 211 g/mol. The Morgan fingerprint density at radius 1 is 1.57 bits per heavy atom. The molecule has 0 unspecified atom stereocenters. The molecule has 0 amide bonds. The first-order valence-electron chi connectivity index (χ1n) is 5.15. The summed E-state index contributed by atoms with van der Waals surface area (Å²) in [5.74, 6) is 0. The fourth-order valence-corrected chi connectivity index (χ4v) is 2.32. The molecule has 1 aliphatic carbocycles. The van der Waals surface area contributed by atoms with Crippen molar-refractivity contribution in [1.82, 2.24) is 10.3 Å². The molecular weight excluding hydrogens is 194 g/mol. The molecule has 1 fully saturated rings. The van der Waals surface area contributed by atoms with E-state index in [9.17, 15) is 0 Å². The Labute approximate surface area is 88.7 Å². The highest BCUT2D eigenvalue weighted by Crippen LogP contribution is 2.31. The molecule has 0 aromatic carbocycles. The Hall–Kier alpha value is -0.450. The highest BCUT2D eigenvalue weighted by Gasteiger charge is 2.31. The second-order valence-electron chi connectivity index (χ2n) is 4.11. The summed E-state index contributed by atoms with van der Waals surface area (Å²) in [6.45, 7) is 1.95. The van der Waals surface area contributed by atoms with Crippen LogP contribution in [-0.2, 0) is 6.54 Å². The quantitative estimate of drug-likeness (QED) is 0.726. The second-order valence-corrected chi connectivity index (χ2v) is 5.08. The zero-order valence-electron chi connectivity index (χ0n) is 8.33. The van der Waals surface area contributed by atoms with E-state index >= 15 is 0 Å². The second kappa shape index (κ2) is 4.38. The molecule has 1 aromatic heterocycles. The number of thiazole rings is 1. The van der Waals surface area contributed by atoms with Crippen LogP contribution in [0.3, 0.4) is 0 Å². The third-order valence-electron chi connectivity index (χ3n) is 2.93. The molecule has 3 nitrogen and oxygen atoms in total. The van der Waals surface area contributed by atoms with Crippen LogP contribution in [0.1, 0.15) is 30.6 Å². The number of hydrogen-bond acceptors (Lipinski definition) is 4. The largest absolute Gasteiger partial charge is 0.325 e. The maximum Gasteiger partial charge on any atom is 0.0794 e. The van der Waals surface area contributed by atoms with E-state index in [0.717, 1.165) is 19.5 Å². The average molecular weight is 211 g/mol. The van der Waals surface area contributed by atoms with Crippen molar-refractivity contribution in [2.45, 2.75) is 37.8 Å². The van der Waals surface area contributed by atoms with Gasteiger partial charge in [0.2, 0.25) is 0 Å². The van der Waals surface area contributed by atoms with E-state index in [1.54, 1.807) is 11.3 Å². The Kier molecular flexibility index (Phi) is 3.15. The van der Waals surface area contributed by atoms with Crippen LogP contribution >= 0.6 is 11.3 Å². The summed E-state index contributed by atoms with van der Waals surface area (Å²) >= 11 is 1.70. The Balaban J connectivity index is 1.59. The summed E-state index contributed by atoms with van der Waals surface area (Å²) in [4.78, 5) is 5.33. The Morgan fingerprint density at radius 2 is 2.43 bits per heavy atom. The van der Waals surface area contributed by atoms with Crippen molar-refractivity contribution >= 4 is 11.3 Å². The van der Waals surface area contributed by atoms with E-state index in [1.165, 1.54) is 24.1 Å². The van der Waals surface area contributed by atoms with Crippen molar-refractivity contribution < 1.29 is 0 Å². The molecule has 78 valence electrons. The van der Waals surface area contributed by atoms with Gasteiger partial charge in [-0.3, -0.25) is 4.98 Å². The minimum Gasteiger partial charge on any atom is -0.325 e. The lowest BCUT2D eigenvalue weighted by molar-refractivity contribution is 0.229. The standard InChI is InChI=1S/C10H17N3S/c11-10(2-1-3-10)4-5-12-6-9-7-13-8-14-9/h7-8,12H,1-6,11H2. The summed E-state index contributed by atoms with van der Waals surface area (Å²) in [6, 6.07) is 0. The molecule has 1 saturated carbocycles. The molecular formula is C10H17N3S. The van der Waals surface area contributed by atoms with Gasteiger partial charge in [-0.15, -0.1) is 11.3 Å². The van der Waals surface area contributed by atoms with E-state index in [2.05, 4.69) is 10.3 Å². The molecule has 0 bridgehead atoms. The van der Waals surface area contributed by atoms with Crippen LogP contribution in [0.4, 0.5) is 0 Å². The molecule has 0 aliphatic heterocycles. The van der Waals surface area contributed by atoms with Gasteiger partial charge in [0.25, 0.3) is 0 Å². The van der Waals surface area contributed by atoms with Crippen molar-refractivity contribution in [2.75, 3.05) is 6.54 Å². The summed E-state index contributed by atoms with van der Waals surface area (Å²) in [7, 11) is 0. The fourth-order valence-electron chi connectivity index (χ4n) is 1.76. The fraction of sp³-hybridized carbons (Fsp3) is 0.700. The molecule has 3 N–H and O–H groups in total. The molecule has 1 aliphatic rings. The molecule has 4 heteroatoms. The van der Waals surface area contributed by atoms with Gasteiger partial charge in [0.05, 0.1) is 5.51 Å². The minimum atomic E-state index is 0.153. The van der Waals surface area contributed by atoms with Gasteiger partial charge in [0.1, 0.15) is 0 Å². The number of aromatic nitrogens is 1. The first-order chi connectivity index (χ1) is 6.79. The van der Waals surface area contributed by atoms with Crippen molar-refractivity contribution in [3.05, 3.63) is 16.6 Å². The van der Waals surface area contributed by atoms with Gasteiger partial charge in [0.15, 0.2) is 0 Å². The van der Waals surface area contributed by atoms with Crippen molar-refractivity contribution in [1.29, 1.82) is 0 Å². The van der Waals surface area contributed by atoms with Gasteiger partial charge >= 0.3 is 0 Å². The van der Waals surface area contributed by atoms with Crippen LogP contribution in [0, 0.1) is 0 Å². The number of nitrogens with one attached hydrogen (secondary N) is 1. The maximum absolute atomic E-state index is 6.11. The van der Waals surface area contributed by atoms with Gasteiger partial charge in [-0.1, -0.05) is 0 Å². The van der Waals surface area contributed by atoms with Gasteiger partial charge < -0.3 is 11.1 Å². The highest BCUT2D eigenvalue weighted by molar-refractivity contribution is 7.09. The molecule has 1 aromatic rings. The van der Waals surface area contributed by atoms with Crippen LogP contribution in [0.2, 0.25) is 0 Å². The number of rotatable bonds is 5. The molecule has 0 saturated heterocycles. The lowest BCUT2D eigenvalue weighted by atomic mass is 9.75. The summed E-state index contributed by atoms with van der Waals surface area (Å²) < 4.78 is 0. The highest BCUT2D eigenvalue weighted by atomic mass is 32.1. The third kappa shape index (κ3) is 2.53. The molecule has 14 heavy (non-hydrogen) atoms. The average Bonchev–Trinajstić information content (AvgIpc) is 2.62. The zero-order chi connectivity index (χ0) is 9.86. The smallest absolute Gasteiger partial charge is 0.0794 e. The Bertz CT molecular complexity index is 267. The van der Waals surface area contributed by atoms with E-state index in [4.69, 9.17) is 5.73 Å². The van der Waals surface area contributed by atoms with Crippen molar-refractivity contribution in [2.24, 2.45) is 5.73 Å².